The van der Waals surface area contributed by atoms with E-state index in [0.29, 0.717) is 5.56 Å². The van der Waals surface area contributed by atoms with Crippen LogP contribution in [-0.4, -0.2) is 103 Å². The van der Waals surface area contributed by atoms with Crippen molar-refractivity contribution in [2.75, 3.05) is 6.61 Å². The molecule has 3 aromatic rings. The highest BCUT2D eigenvalue weighted by Gasteiger charge is 2.44. The SMILES string of the molecule is C[C@@H]1O[C@@H](Oc2cc3oc(-c4ccc(O)cc4)cc(=O)c3c(O)c2O[C@@H]2OC[C@@H](O)[C@H](O)[C@H]2O)[C@H](O)[C@H](O)[C@H]1O. The average molecular weight is 564 g/mol. The van der Waals surface area contributed by atoms with Crippen LogP contribution in [0.1, 0.15) is 6.92 Å². The van der Waals surface area contributed by atoms with Crippen LogP contribution >= 0.6 is 0 Å². The van der Waals surface area contributed by atoms with E-state index in [0.717, 1.165) is 12.1 Å². The summed E-state index contributed by atoms with van der Waals surface area (Å²) in [6.45, 7) is 0.991. The van der Waals surface area contributed by atoms with Gasteiger partial charge in [-0.05, 0) is 31.2 Å². The van der Waals surface area contributed by atoms with E-state index >= 15 is 0 Å². The van der Waals surface area contributed by atoms with Crippen LogP contribution in [-0.2, 0) is 9.47 Å². The van der Waals surface area contributed by atoms with Gasteiger partial charge in [0.2, 0.25) is 18.3 Å². The zero-order chi connectivity index (χ0) is 28.9. The Balaban J connectivity index is 1.61. The summed E-state index contributed by atoms with van der Waals surface area (Å²) in [4.78, 5) is 13.1. The summed E-state index contributed by atoms with van der Waals surface area (Å²) in [5.74, 6) is -1.73. The molecule has 0 bridgehead atoms. The lowest BCUT2D eigenvalue weighted by atomic mass is 10.00. The molecular formula is C26H28O14. The molecule has 14 nitrogen and oxygen atoms in total. The first-order valence-electron chi connectivity index (χ1n) is 12.3. The van der Waals surface area contributed by atoms with Crippen LogP contribution < -0.4 is 14.9 Å². The van der Waals surface area contributed by atoms with Gasteiger partial charge in [-0.2, -0.15) is 0 Å². The Kier molecular flexibility index (Phi) is 7.60. The predicted molar refractivity (Wildman–Crippen MR) is 133 cm³/mol. The molecule has 0 spiro atoms. The van der Waals surface area contributed by atoms with Gasteiger partial charge in [0.1, 0.15) is 59.1 Å². The maximum absolute atomic E-state index is 13.1. The standard InChI is InChI=1S/C26H28O14/c1-9-18(30)21(33)23(35)26(37-9)39-16-7-15-17(12(28)6-14(38-15)10-2-4-11(27)5-3-10)20(32)24(16)40-25-22(34)19(31)13(29)8-36-25/h2-7,9,13,18-19,21-23,25-27,29-35H,8H2,1H3/t9-,13+,18-,19-,21+,22+,23+,25-,26-/m0/s1. The second-order valence-electron chi connectivity index (χ2n) is 9.61. The summed E-state index contributed by atoms with van der Waals surface area (Å²) in [5, 5.41) is 81.2. The molecular weight excluding hydrogens is 536 g/mol. The van der Waals surface area contributed by atoms with Gasteiger partial charge in [-0.3, -0.25) is 4.79 Å². The van der Waals surface area contributed by atoms with E-state index in [9.17, 15) is 45.6 Å². The molecule has 0 amide bonds. The first-order chi connectivity index (χ1) is 19.0. The zero-order valence-electron chi connectivity index (χ0n) is 20.9. The lowest BCUT2D eigenvalue weighted by Gasteiger charge is -2.39. The number of rotatable bonds is 5. The minimum Gasteiger partial charge on any atom is -0.508 e. The van der Waals surface area contributed by atoms with Crippen molar-refractivity contribution in [3.05, 3.63) is 46.6 Å². The van der Waals surface area contributed by atoms with E-state index < -0.39 is 84.6 Å². The smallest absolute Gasteiger partial charge is 0.229 e. The molecule has 3 heterocycles. The van der Waals surface area contributed by atoms with Gasteiger partial charge >= 0.3 is 0 Å². The van der Waals surface area contributed by atoms with Crippen molar-refractivity contribution in [2.24, 2.45) is 0 Å². The lowest BCUT2D eigenvalue weighted by molar-refractivity contribution is -0.269. The van der Waals surface area contributed by atoms with Crippen molar-refractivity contribution in [2.45, 2.75) is 62.2 Å². The minimum absolute atomic E-state index is 0.0145. The van der Waals surface area contributed by atoms with Gasteiger partial charge < -0.3 is 64.2 Å². The van der Waals surface area contributed by atoms with Crippen LogP contribution in [0.5, 0.6) is 23.0 Å². The topological polar surface area (TPSA) is 229 Å². The van der Waals surface area contributed by atoms with Crippen LogP contribution in [0.4, 0.5) is 0 Å². The number of benzene rings is 2. The highest BCUT2D eigenvalue weighted by atomic mass is 16.7. The quantitative estimate of drug-likeness (QED) is 0.184. The minimum atomic E-state index is -1.78. The zero-order valence-corrected chi connectivity index (χ0v) is 20.9. The Morgan fingerprint density at radius 2 is 1.50 bits per heavy atom. The maximum Gasteiger partial charge on any atom is 0.229 e. The molecule has 8 N–H and O–H groups in total. The largest absolute Gasteiger partial charge is 0.508 e. The molecule has 2 fully saturated rings. The summed E-state index contributed by atoms with van der Waals surface area (Å²) in [6.07, 6.45) is -14.0. The number of hydrogen-bond acceptors (Lipinski definition) is 14. The van der Waals surface area contributed by atoms with Crippen molar-refractivity contribution in [1.82, 2.24) is 0 Å². The van der Waals surface area contributed by atoms with Crippen LogP contribution in [0.15, 0.2) is 45.6 Å². The van der Waals surface area contributed by atoms with Gasteiger partial charge in [-0.25, -0.2) is 0 Å². The highest BCUT2D eigenvalue weighted by Crippen LogP contribution is 2.45. The first kappa shape index (κ1) is 28.1. The molecule has 0 unspecified atom stereocenters. The van der Waals surface area contributed by atoms with Gasteiger partial charge in [0.15, 0.2) is 16.9 Å². The molecule has 2 aliphatic rings. The van der Waals surface area contributed by atoms with Gasteiger partial charge in [0.25, 0.3) is 0 Å². The van der Waals surface area contributed by atoms with E-state index in [2.05, 4.69) is 0 Å². The Hall–Kier alpha value is -3.47. The molecule has 0 aliphatic carbocycles. The predicted octanol–water partition coefficient (Wildman–Crippen LogP) is -1.10. The highest BCUT2D eigenvalue weighted by molar-refractivity contribution is 5.89. The fraction of sp³-hybridized carbons (Fsp3) is 0.423. The van der Waals surface area contributed by atoms with E-state index in [4.69, 9.17) is 23.4 Å². The molecule has 9 atom stereocenters. The number of ether oxygens (including phenoxy) is 4. The third kappa shape index (κ3) is 5.07. The van der Waals surface area contributed by atoms with Gasteiger partial charge in [-0.1, -0.05) is 0 Å². The van der Waals surface area contributed by atoms with Crippen molar-refractivity contribution >= 4 is 11.0 Å². The third-order valence-corrected chi connectivity index (χ3v) is 6.80. The van der Waals surface area contributed by atoms with Gasteiger partial charge in [0, 0.05) is 17.7 Å². The van der Waals surface area contributed by atoms with Crippen molar-refractivity contribution in [3.63, 3.8) is 0 Å². The molecule has 0 radical (unpaired) electrons. The molecule has 0 saturated carbocycles. The van der Waals surface area contributed by atoms with E-state index in [-0.39, 0.29) is 22.5 Å². The molecule has 2 saturated heterocycles. The van der Waals surface area contributed by atoms with Crippen LogP contribution in [0, 0.1) is 0 Å². The van der Waals surface area contributed by atoms with Gasteiger partial charge in [0.05, 0.1) is 12.7 Å². The fourth-order valence-corrected chi connectivity index (χ4v) is 4.47. The summed E-state index contributed by atoms with van der Waals surface area (Å²) in [5.41, 5.74) is -0.489. The van der Waals surface area contributed by atoms with Crippen molar-refractivity contribution < 1.29 is 64.2 Å². The Bertz CT molecular complexity index is 1420. The molecule has 1 aromatic heterocycles. The molecule has 216 valence electrons. The first-order valence-corrected chi connectivity index (χ1v) is 12.3. The monoisotopic (exact) mass is 564 g/mol. The maximum atomic E-state index is 13.1. The summed E-state index contributed by atoms with van der Waals surface area (Å²) < 4.78 is 27.9. The van der Waals surface area contributed by atoms with Crippen LogP contribution in [0.3, 0.4) is 0 Å². The fourth-order valence-electron chi connectivity index (χ4n) is 4.47. The van der Waals surface area contributed by atoms with Crippen LogP contribution in [0.25, 0.3) is 22.3 Å². The second-order valence-corrected chi connectivity index (χ2v) is 9.61. The third-order valence-electron chi connectivity index (χ3n) is 6.80. The normalized spacial score (nSPS) is 32.6. The number of fused-ring (bicyclic) bond motifs is 1. The molecule has 40 heavy (non-hydrogen) atoms. The number of phenolic OH excluding ortho intramolecular Hbond substituents is 2. The Labute approximate surface area is 225 Å². The number of aliphatic hydroxyl groups excluding tert-OH is 6. The van der Waals surface area contributed by atoms with E-state index in [1.165, 1.54) is 31.2 Å². The second kappa shape index (κ2) is 10.8. The summed E-state index contributed by atoms with van der Waals surface area (Å²) in [7, 11) is 0. The summed E-state index contributed by atoms with van der Waals surface area (Å²) >= 11 is 0. The molecule has 2 aliphatic heterocycles. The number of hydrogen-bond donors (Lipinski definition) is 8. The molecule has 2 aromatic carbocycles. The van der Waals surface area contributed by atoms with Crippen molar-refractivity contribution in [3.8, 4) is 34.3 Å². The number of phenols is 2. The number of aliphatic hydroxyl groups is 6. The van der Waals surface area contributed by atoms with Gasteiger partial charge in [-0.15, -0.1) is 0 Å². The number of aromatic hydroxyl groups is 2. The van der Waals surface area contributed by atoms with E-state index in [1.807, 2.05) is 0 Å². The average Bonchev–Trinajstić information content (AvgIpc) is 2.92. The Morgan fingerprint density at radius 3 is 2.20 bits per heavy atom. The van der Waals surface area contributed by atoms with E-state index in [1.54, 1.807) is 0 Å². The Morgan fingerprint density at radius 1 is 0.825 bits per heavy atom. The van der Waals surface area contributed by atoms with Crippen molar-refractivity contribution in [1.29, 1.82) is 0 Å². The molecule has 5 rings (SSSR count). The molecule has 14 heteroatoms. The summed E-state index contributed by atoms with van der Waals surface area (Å²) in [6, 6.07) is 7.98. The lowest BCUT2D eigenvalue weighted by Crippen LogP contribution is -2.58. The van der Waals surface area contributed by atoms with Crippen LogP contribution in [0.2, 0.25) is 0 Å².